The molecule has 0 radical (unpaired) electrons. The van der Waals surface area contributed by atoms with Crippen molar-refractivity contribution < 1.29 is 13.2 Å². The van der Waals surface area contributed by atoms with E-state index in [1.165, 1.54) is 23.4 Å². The molecule has 2 N–H and O–H groups in total. The van der Waals surface area contributed by atoms with Crippen molar-refractivity contribution in [2.75, 3.05) is 36.7 Å². The van der Waals surface area contributed by atoms with E-state index in [0.29, 0.717) is 36.7 Å². The third-order valence-electron chi connectivity index (χ3n) is 4.83. The number of fused-ring (bicyclic) bond motifs is 1. The van der Waals surface area contributed by atoms with Gasteiger partial charge in [0.15, 0.2) is 0 Å². The molecule has 1 fully saturated rings. The van der Waals surface area contributed by atoms with E-state index in [4.69, 9.17) is 0 Å². The summed E-state index contributed by atoms with van der Waals surface area (Å²) in [4.78, 5) is 12.3. The molecule has 140 valence electrons. The number of nitrogens with one attached hydrogen (secondary N) is 2. The number of nitrogens with zero attached hydrogens (tertiary/aromatic N) is 1. The van der Waals surface area contributed by atoms with E-state index in [9.17, 15) is 13.2 Å². The van der Waals surface area contributed by atoms with E-state index in [1.807, 2.05) is 6.07 Å². The molecule has 1 amide bonds. The van der Waals surface area contributed by atoms with Crippen LogP contribution in [0.4, 0.5) is 5.69 Å². The van der Waals surface area contributed by atoms with Crippen LogP contribution in [0, 0.1) is 5.92 Å². The van der Waals surface area contributed by atoms with Gasteiger partial charge >= 0.3 is 0 Å². The summed E-state index contributed by atoms with van der Waals surface area (Å²) in [6.07, 6.45) is 5.29. The highest BCUT2D eigenvalue weighted by molar-refractivity contribution is 7.92. The summed E-state index contributed by atoms with van der Waals surface area (Å²) < 4.78 is 24.9. The monoisotopic (exact) mass is 387 g/mol. The molecule has 1 atom stereocenters. The molecule has 3 rings (SSSR count). The van der Waals surface area contributed by atoms with Gasteiger partial charge in [-0.3, -0.25) is 9.10 Å². The molecule has 0 bridgehead atoms. The van der Waals surface area contributed by atoms with Crippen LogP contribution in [0.1, 0.15) is 35.2 Å². The Hall–Kier alpha value is -1.31. The van der Waals surface area contributed by atoms with Crippen LogP contribution in [0.3, 0.4) is 0 Å². The third-order valence-corrected chi connectivity index (χ3v) is 6.01. The highest BCUT2D eigenvalue weighted by atomic mass is 35.5. The van der Waals surface area contributed by atoms with Crippen LogP contribution >= 0.6 is 12.4 Å². The van der Waals surface area contributed by atoms with Gasteiger partial charge in [0.2, 0.25) is 10.0 Å². The molecule has 1 aromatic rings. The van der Waals surface area contributed by atoms with Crippen LogP contribution < -0.4 is 14.9 Å². The standard InChI is InChI=1S/C17H25N3O3S.ClH/c1-24(22,23)20-10-7-14-11-15(4-5-16(14)20)17(21)19-9-6-13-3-2-8-18-12-13;/h4-5,11,13,18H,2-3,6-10,12H2,1H3,(H,19,21);1H. The topological polar surface area (TPSA) is 78.5 Å². The molecule has 0 saturated carbocycles. The summed E-state index contributed by atoms with van der Waals surface area (Å²) in [7, 11) is -3.25. The predicted octanol–water partition coefficient (Wildman–Crippen LogP) is 1.55. The van der Waals surface area contributed by atoms with Gasteiger partial charge in [0.1, 0.15) is 0 Å². The summed E-state index contributed by atoms with van der Waals surface area (Å²) in [6.45, 7) is 3.27. The average molecular weight is 388 g/mol. The number of hydrogen-bond donors (Lipinski definition) is 2. The Labute approximate surface area is 155 Å². The predicted molar refractivity (Wildman–Crippen MR) is 102 cm³/mol. The minimum Gasteiger partial charge on any atom is -0.352 e. The molecule has 2 heterocycles. The lowest BCUT2D eigenvalue weighted by molar-refractivity contribution is 0.0950. The molecule has 0 aliphatic carbocycles. The number of sulfonamides is 1. The minimum atomic E-state index is -3.25. The molecule has 6 nitrogen and oxygen atoms in total. The number of carbonyl (C=O) groups is 1. The van der Waals surface area contributed by atoms with Gasteiger partial charge in [0.05, 0.1) is 11.9 Å². The largest absolute Gasteiger partial charge is 0.352 e. The van der Waals surface area contributed by atoms with Gasteiger partial charge in [0.25, 0.3) is 5.91 Å². The highest BCUT2D eigenvalue weighted by Gasteiger charge is 2.26. The Morgan fingerprint density at radius 1 is 1.40 bits per heavy atom. The molecule has 0 spiro atoms. The maximum absolute atomic E-state index is 12.3. The number of carbonyl (C=O) groups excluding carboxylic acids is 1. The molecule has 1 aromatic carbocycles. The van der Waals surface area contributed by atoms with Crippen molar-refractivity contribution in [1.29, 1.82) is 0 Å². The fraction of sp³-hybridized carbons (Fsp3) is 0.588. The maximum atomic E-state index is 12.3. The summed E-state index contributed by atoms with van der Waals surface area (Å²) in [5, 5.41) is 6.36. The number of halogens is 1. The second-order valence-corrected chi connectivity index (χ2v) is 8.59. The van der Waals surface area contributed by atoms with E-state index in [2.05, 4.69) is 10.6 Å². The molecular weight excluding hydrogens is 362 g/mol. The first-order chi connectivity index (χ1) is 11.4. The van der Waals surface area contributed by atoms with Crippen LogP contribution in [-0.4, -0.2) is 46.8 Å². The number of hydrogen-bond acceptors (Lipinski definition) is 4. The maximum Gasteiger partial charge on any atom is 0.251 e. The average Bonchev–Trinajstić information content (AvgIpc) is 2.99. The van der Waals surface area contributed by atoms with Gasteiger partial charge in [-0.15, -0.1) is 12.4 Å². The van der Waals surface area contributed by atoms with Crippen LogP contribution in [0.5, 0.6) is 0 Å². The van der Waals surface area contributed by atoms with Crippen molar-refractivity contribution in [2.45, 2.75) is 25.7 Å². The molecule has 8 heteroatoms. The summed E-state index contributed by atoms with van der Waals surface area (Å²) in [5.41, 5.74) is 2.22. The number of benzene rings is 1. The van der Waals surface area contributed by atoms with Crippen molar-refractivity contribution in [2.24, 2.45) is 5.92 Å². The van der Waals surface area contributed by atoms with E-state index in [0.717, 1.165) is 25.1 Å². The second-order valence-electron chi connectivity index (χ2n) is 6.69. The van der Waals surface area contributed by atoms with Crippen molar-refractivity contribution in [3.8, 4) is 0 Å². The van der Waals surface area contributed by atoms with Gasteiger partial charge in [-0.25, -0.2) is 8.42 Å². The van der Waals surface area contributed by atoms with Crippen molar-refractivity contribution in [3.05, 3.63) is 29.3 Å². The third kappa shape index (κ3) is 4.86. The normalized spacial score (nSPS) is 19.9. The fourth-order valence-corrected chi connectivity index (χ4v) is 4.48. The fourth-order valence-electron chi connectivity index (χ4n) is 3.52. The zero-order valence-electron chi connectivity index (χ0n) is 14.5. The van der Waals surface area contributed by atoms with E-state index >= 15 is 0 Å². The van der Waals surface area contributed by atoms with Crippen molar-refractivity contribution >= 4 is 34.0 Å². The van der Waals surface area contributed by atoms with E-state index < -0.39 is 10.0 Å². The highest BCUT2D eigenvalue weighted by Crippen LogP contribution is 2.30. The number of rotatable bonds is 5. The Morgan fingerprint density at radius 3 is 2.88 bits per heavy atom. The van der Waals surface area contributed by atoms with Gasteiger partial charge in [0, 0.05) is 18.7 Å². The molecular formula is C17H26ClN3O3S. The number of piperidine rings is 1. The number of anilines is 1. The lowest BCUT2D eigenvalue weighted by atomic mass is 9.96. The SMILES string of the molecule is CS(=O)(=O)N1CCc2cc(C(=O)NCCC3CCCNC3)ccc21.Cl. The first-order valence-electron chi connectivity index (χ1n) is 8.55. The smallest absolute Gasteiger partial charge is 0.251 e. The van der Waals surface area contributed by atoms with Crippen molar-refractivity contribution in [1.82, 2.24) is 10.6 Å². The van der Waals surface area contributed by atoms with Crippen LogP contribution in [0.15, 0.2) is 18.2 Å². The van der Waals surface area contributed by atoms with Gasteiger partial charge in [-0.2, -0.15) is 0 Å². The van der Waals surface area contributed by atoms with Crippen molar-refractivity contribution in [3.63, 3.8) is 0 Å². The lowest BCUT2D eigenvalue weighted by Gasteiger charge is -2.22. The first kappa shape index (κ1) is 20.0. The zero-order chi connectivity index (χ0) is 17.2. The Kier molecular flexibility index (Phi) is 6.71. The lowest BCUT2D eigenvalue weighted by Crippen LogP contribution is -2.33. The molecule has 1 saturated heterocycles. The Bertz CT molecular complexity index is 718. The van der Waals surface area contributed by atoms with Gasteiger partial charge in [-0.1, -0.05) is 0 Å². The van der Waals surface area contributed by atoms with E-state index in [-0.39, 0.29) is 18.3 Å². The van der Waals surface area contributed by atoms with Crippen LogP contribution in [0.25, 0.3) is 0 Å². The molecule has 0 aromatic heterocycles. The molecule has 1 unspecified atom stereocenters. The zero-order valence-corrected chi connectivity index (χ0v) is 16.1. The molecule has 25 heavy (non-hydrogen) atoms. The Morgan fingerprint density at radius 2 is 2.20 bits per heavy atom. The van der Waals surface area contributed by atoms with Crippen LogP contribution in [0.2, 0.25) is 0 Å². The summed E-state index contributed by atoms with van der Waals surface area (Å²) in [6, 6.07) is 5.27. The number of amides is 1. The van der Waals surface area contributed by atoms with Crippen LogP contribution in [-0.2, 0) is 16.4 Å². The summed E-state index contributed by atoms with van der Waals surface area (Å²) >= 11 is 0. The molecule has 2 aliphatic heterocycles. The Balaban J connectivity index is 0.00000225. The molecule has 2 aliphatic rings. The second kappa shape index (κ2) is 8.38. The summed E-state index contributed by atoms with van der Waals surface area (Å²) in [5.74, 6) is 0.557. The minimum absolute atomic E-state index is 0. The van der Waals surface area contributed by atoms with Gasteiger partial charge < -0.3 is 10.6 Å². The van der Waals surface area contributed by atoms with E-state index in [1.54, 1.807) is 12.1 Å². The quantitative estimate of drug-likeness (QED) is 0.803. The first-order valence-corrected chi connectivity index (χ1v) is 10.4. The van der Waals surface area contributed by atoms with Gasteiger partial charge in [-0.05, 0) is 68.5 Å².